The quantitative estimate of drug-likeness (QED) is 0.798. The molecule has 2 fully saturated rings. The second-order valence-electron chi connectivity index (χ2n) is 5.06. The fourth-order valence-corrected chi connectivity index (χ4v) is 2.47. The van der Waals surface area contributed by atoms with Crippen molar-refractivity contribution in [1.29, 1.82) is 0 Å². The minimum absolute atomic E-state index is 0. The van der Waals surface area contributed by atoms with Crippen molar-refractivity contribution in [3.05, 3.63) is 0 Å². The average molecular weight is 247 g/mol. The van der Waals surface area contributed by atoms with Gasteiger partial charge in [-0.3, -0.25) is 4.79 Å². The lowest BCUT2D eigenvalue weighted by atomic mass is 9.82. The molecule has 16 heavy (non-hydrogen) atoms. The molecule has 3 nitrogen and oxygen atoms in total. The lowest BCUT2D eigenvalue weighted by molar-refractivity contribution is -0.123. The second kappa shape index (κ2) is 6.45. The van der Waals surface area contributed by atoms with E-state index in [1.54, 1.807) is 0 Å². The summed E-state index contributed by atoms with van der Waals surface area (Å²) in [5.41, 5.74) is 0. The van der Waals surface area contributed by atoms with E-state index in [-0.39, 0.29) is 18.3 Å². The molecule has 1 aliphatic carbocycles. The minimum Gasteiger partial charge on any atom is -0.352 e. The molecule has 0 bridgehead atoms. The van der Waals surface area contributed by atoms with Gasteiger partial charge in [0.25, 0.3) is 0 Å². The zero-order chi connectivity index (χ0) is 10.7. The van der Waals surface area contributed by atoms with Crippen LogP contribution in [-0.2, 0) is 4.79 Å². The molecule has 94 valence electrons. The summed E-state index contributed by atoms with van der Waals surface area (Å²) in [7, 11) is 0. The average Bonchev–Trinajstić information content (AvgIpc) is 2.16. The summed E-state index contributed by atoms with van der Waals surface area (Å²) in [5.74, 6) is 0.942. The van der Waals surface area contributed by atoms with E-state index in [2.05, 4.69) is 17.6 Å². The molecule has 1 saturated heterocycles. The fourth-order valence-electron chi connectivity index (χ4n) is 2.47. The number of carbonyl (C=O) groups is 1. The van der Waals surface area contributed by atoms with E-state index in [9.17, 15) is 4.79 Å². The molecule has 0 spiro atoms. The van der Waals surface area contributed by atoms with E-state index < -0.39 is 0 Å². The van der Waals surface area contributed by atoms with Crippen molar-refractivity contribution in [2.45, 2.75) is 57.5 Å². The third kappa shape index (κ3) is 3.63. The van der Waals surface area contributed by atoms with Gasteiger partial charge in [-0.15, -0.1) is 12.4 Å². The maximum atomic E-state index is 11.7. The van der Waals surface area contributed by atoms with Crippen LogP contribution in [0.2, 0.25) is 0 Å². The summed E-state index contributed by atoms with van der Waals surface area (Å²) in [6.07, 6.45) is 6.89. The number of rotatable bonds is 3. The fraction of sp³-hybridized carbons (Fsp3) is 0.917. The lowest BCUT2D eigenvalue weighted by Crippen LogP contribution is -2.52. The Kier molecular flexibility index (Phi) is 5.56. The largest absolute Gasteiger partial charge is 0.352 e. The molecule has 0 radical (unpaired) electrons. The summed E-state index contributed by atoms with van der Waals surface area (Å²) < 4.78 is 0. The predicted octanol–water partition coefficient (Wildman–Crippen LogP) is 1.86. The molecule has 1 amide bonds. The SMILES string of the molecule is CC1NCCCC1NC(=O)CC1CCC1.Cl. The van der Waals surface area contributed by atoms with Crippen molar-refractivity contribution >= 4 is 18.3 Å². The molecule has 1 saturated carbocycles. The van der Waals surface area contributed by atoms with Crippen molar-refractivity contribution in [2.24, 2.45) is 5.92 Å². The van der Waals surface area contributed by atoms with E-state index >= 15 is 0 Å². The highest BCUT2D eigenvalue weighted by atomic mass is 35.5. The van der Waals surface area contributed by atoms with Gasteiger partial charge in [0, 0.05) is 18.5 Å². The van der Waals surface area contributed by atoms with E-state index in [0.717, 1.165) is 19.4 Å². The lowest BCUT2D eigenvalue weighted by Gasteiger charge is -2.32. The molecule has 2 unspecified atom stereocenters. The van der Waals surface area contributed by atoms with Gasteiger partial charge in [0.15, 0.2) is 0 Å². The zero-order valence-electron chi connectivity index (χ0n) is 10.00. The van der Waals surface area contributed by atoms with Crippen molar-refractivity contribution in [3.8, 4) is 0 Å². The molecule has 0 aromatic heterocycles. The third-order valence-electron chi connectivity index (χ3n) is 3.81. The maximum absolute atomic E-state index is 11.7. The van der Waals surface area contributed by atoms with Crippen LogP contribution in [0.1, 0.15) is 45.4 Å². The van der Waals surface area contributed by atoms with Crippen molar-refractivity contribution in [2.75, 3.05) is 6.54 Å². The number of nitrogens with one attached hydrogen (secondary N) is 2. The molecular weight excluding hydrogens is 224 g/mol. The summed E-state index contributed by atoms with van der Waals surface area (Å²) in [6, 6.07) is 0.787. The summed E-state index contributed by atoms with van der Waals surface area (Å²) >= 11 is 0. The van der Waals surface area contributed by atoms with Crippen molar-refractivity contribution < 1.29 is 4.79 Å². The molecule has 2 aliphatic rings. The summed E-state index contributed by atoms with van der Waals surface area (Å²) in [4.78, 5) is 11.7. The molecule has 0 aromatic rings. The topological polar surface area (TPSA) is 41.1 Å². The van der Waals surface area contributed by atoms with Gasteiger partial charge in [-0.25, -0.2) is 0 Å². The van der Waals surface area contributed by atoms with Crippen LogP contribution >= 0.6 is 12.4 Å². The highest BCUT2D eigenvalue weighted by Gasteiger charge is 2.25. The van der Waals surface area contributed by atoms with Crippen LogP contribution in [0.25, 0.3) is 0 Å². The smallest absolute Gasteiger partial charge is 0.220 e. The van der Waals surface area contributed by atoms with E-state index in [0.29, 0.717) is 18.0 Å². The van der Waals surface area contributed by atoms with Crippen LogP contribution in [0.5, 0.6) is 0 Å². The highest BCUT2D eigenvalue weighted by molar-refractivity contribution is 5.85. The monoisotopic (exact) mass is 246 g/mol. The molecule has 2 rings (SSSR count). The number of hydrogen-bond acceptors (Lipinski definition) is 2. The molecule has 1 heterocycles. The third-order valence-corrected chi connectivity index (χ3v) is 3.81. The normalized spacial score (nSPS) is 30.1. The van der Waals surface area contributed by atoms with E-state index in [1.807, 2.05) is 0 Å². The van der Waals surface area contributed by atoms with Crippen LogP contribution < -0.4 is 10.6 Å². The Hall–Kier alpha value is -0.280. The summed E-state index contributed by atoms with van der Waals surface area (Å²) in [5, 5.41) is 6.57. The molecule has 2 atom stereocenters. The summed E-state index contributed by atoms with van der Waals surface area (Å²) in [6.45, 7) is 3.25. The van der Waals surface area contributed by atoms with Crippen LogP contribution in [0, 0.1) is 5.92 Å². The standard InChI is InChI=1S/C12H22N2O.ClH/c1-9-11(6-3-7-13-9)14-12(15)8-10-4-2-5-10;/h9-11,13H,2-8H2,1H3,(H,14,15);1H. The van der Waals surface area contributed by atoms with E-state index in [4.69, 9.17) is 0 Å². The van der Waals surface area contributed by atoms with Crippen LogP contribution in [0.15, 0.2) is 0 Å². The number of amides is 1. The van der Waals surface area contributed by atoms with Gasteiger partial charge < -0.3 is 10.6 Å². The number of carbonyl (C=O) groups excluding carboxylic acids is 1. The van der Waals surface area contributed by atoms with Gasteiger partial charge in [-0.05, 0) is 45.1 Å². The first-order chi connectivity index (χ1) is 7.25. The molecular formula is C12H23ClN2O. The van der Waals surface area contributed by atoms with Crippen LogP contribution in [0.3, 0.4) is 0 Å². The Labute approximate surface area is 104 Å². The predicted molar refractivity (Wildman–Crippen MR) is 67.8 cm³/mol. The van der Waals surface area contributed by atoms with Crippen molar-refractivity contribution in [3.63, 3.8) is 0 Å². The van der Waals surface area contributed by atoms with Gasteiger partial charge in [-0.2, -0.15) is 0 Å². The van der Waals surface area contributed by atoms with Gasteiger partial charge in [0.1, 0.15) is 0 Å². The molecule has 2 N–H and O–H groups in total. The van der Waals surface area contributed by atoms with Gasteiger partial charge in [0.05, 0.1) is 0 Å². The van der Waals surface area contributed by atoms with Crippen LogP contribution in [-0.4, -0.2) is 24.5 Å². The van der Waals surface area contributed by atoms with Crippen molar-refractivity contribution in [1.82, 2.24) is 10.6 Å². The number of piperidine rings is 1. The molecule has 1 aliphatic heterocycles. The zero-order valence-corrected chi connectivity index (χ0v) is 10.8. The molecule has 0 aromatic carbocycles. The number of halogens is 1. The van der Waals surface area contributed by atoms with Gasteiger partial charge in [-0.1, -0.05) is 6.42 Å². The van der Waals surface area contributed by atoms with Crippen LogP contribution in [0.4, 0.5) is 0 Å². The molecule has 4 heteroatoms. The minimum atomic E-state index is 0. The Morgan fingerprint density at radius 3 is 2.62 bits per heavy atom. The Morgan fingerprint density at radius 1 is 1.31 bits per heavy atom. The highest BCUT2D eigenvalue weighted by Crippen LogP contribution is 2.29. The maximum Gasteiger partial charge on any atom is 0.220 e. The number of hydrogen-bond donors (Lipinski definition) is 2. The Balaban J connectivity index is 0.00000128. The first-order valence-electron chi connectivity index (χ1n) is 6.28. The first kappa shape index (κ1) is 13.8. The van der Waals surface area contributed by atoms with Gasteiger partial charge >= 0.3 is 0 Å². The Morgan fingerprint density at radius 2 is 2.06 bits per heavy atom. The van der Waals surface area contributed by atoms with Gasteiger partial charge in [0.2, 0.25) is 5.91 Å². The second-order valence-corrected chi connectivity index (χ2v) is 5.06. The van der Waals surface area contributed by atoms with E-state index in [1.165, 1.54) is 25.7 Å². The Bertz CT molecular complexity index is 231. The first-order valence-corrected chi connectivity index (χ1v) is 6.28.